The highest BCUT2D eigenvalue weighted by atomic mass is 19.4. The van der Waals surface area contributed by atoms with E-state index in [0.29, 0.717) is 13.0 Å². The summed E-state index contributed by atoms with van der Waals surface area (Å²) in [6.07, 6.45) is 1.33. The molecule has 0 radical (unpaired) electrons. The van der Waals surface area contributed by atoms with E-state index in [1.807, 2.05) is 23.4 Å². The molecule has 1 N–H and O–H groups in total. The smallest absolute Gasteiger partial charge is 0.475 e. The van der Waals surface area contributed by atoms with Crippen LogP contribution in [0.25, 0.3) is 0 Å². The van der Waals surface area contributed by atoms with Crippen LogP contribution in [0.5, 0.6) is 0 Å². The second-order valence-corrected chi connectivity index (χ2v) is 7.20. The summed E-state index contributed by atoms with van der Waals surface area (Å²) in [5.74, 6) is -1.51. The van der Waals surface area contributed by atoms with Gasteiger partial charge in [0, 0.05) is 32.6 Å². The third kappa shape index (κ3) is 5.62. The summed E-state index contributed by atoms with van der Waals surface area (Å²) < 4.78 is 39.5. The maximum absolute atomic E-state index is 11.9. The van der Waals surface area contributed by atoms with E-state index in [9.17, 15) is 18.0 Å². The molecule has 0 atom stereocenters. The van der Waals surface area contributed by atoms with Crippen LogP contribution in [0.2, 0.25) is 0 Å². The zero-order valence-electron chi connectivity index (χ0n) is 16.3. The van der Waals surface area contributed by atoms with E-state index in [1.54, 1.807) is 6.26 Å². The zero-order valence-corrected chi connectivity index (χ0v) is 16.3. The van der Waals surface area contributed by atoms with Crippen molar-refractivity contribution >= 4 is 11.9 Å². The summed E-state index contributed by atoms with van der Waals surface area (Å²) in [6.45, 7) is 5.23. The molecule has 1 fully saturated rings. The molecular formula is C19H23F3N4O4. The van der Waals surface area contributed by atoms with E-state index in [0.717, 1.165) is 57.0 Å². The van der Waals surface area contributed by atoms with Gasteiger partial charge < -0.3 is 19.0 Å². The highest BCUT2D eigenvalue weighted by Gasteiger charge is 2.38. The molecule has 11 heteroatoms. The van der Waals surface area contributed by atoms with Gasteiger partial charge in [0.25, 0.3) is 0 Å². The zero-order chi connectivity index (χ0) is 21.7. The van der Waals surface area contributed by atoms with Crippen LogP contribution in [-0.2, 0) is 35.8 Å². The van der Waals surface area contributed by atoms with E-state index in [1.165, 1.54) is 5.69 Å². The maximum atomic E-state index is 11.9. The molecule has 2 aromatic rings. The summed E-state index contributed by atoms with van der Waals surface area (Å²) >= 11 is 0. The predicted molar refractivity (Wildman–Crippen MR) is 98.0 cm³/mol. The topological polar surface area (TPSA) is 91.8 Å². The highest BCUT2D eigenvalue weighted by molar-refractivity contribution is 5.78. The van der Waals surface area contributed by atoms with Gasteiger partial charge in [0.1, 0.15) is 5.76 Å². The number of rotatable bonds is 4. The monoisotopic (exact) mass is 428 g/mol. The van der Waals surface area contributed by atoms with Crippen molar-refractivity contribution in [3.8, 4) is 0 Å². The van der Waals surface area contributed by atoms with Gasteiger partial charge in [-0.05, 0) is 25.0 Å². The third-order valence-corrected chi connectivity index (χ3v) is 4.99. The Balaban J connectivity index is 0.000000318. The highest BCUT2D eigenvalue weighted by Crippen LogP contribution is 2.21. The average molecular weight is 428 g/mol. The standard InChI is InChI=1S/C17H22N4O2.C2HF3O2/c22-17-5-1-7-20(17)11-15-16-12-19(10-14-4-2-9-23-14)6-3-8-21(16)13-18-15;3-2(4,5)1(6)7/h2,4,9,13H,1,3,5-8,10-12H2;(H,6,7). The van der Waals surface area contributed by atoms with Crippen LogP contribution in [0.1, 0.15) is 36.4 Å². The lowest BCUT2D eigenvalue weighted by Gasteiger charge is -2.20. The van der Waals surface area contributed by atoms with Crippen LogP contribution < -0.4 is 0 Å². The van der Waals surface area contributed by atoms with Crippen molar-refractivity contribution < 1.29 is 32.3 Å². The molecule has 2 aliphatic rings. The molecule has 2 aliphatic heterocycles. The number of carbonyl (C=O) groups excluding carboxylic acids is 1. The molecule has 4 heterocycles. The normalized spacial score (nSPS) is 17.3. The first-order chi connectivity index (χ1) is 14.2. The molecule has 1 amide bonds. The molecule has 8 nitrogen and oxygen atoms in total. The van der Waals surface area contributed by atoms with Crippen molar-refractivity contribution in [2.45, 2.75) is 51.6 Å². The molecule has 0 aromatic carbocycles. The van der Waals surface area contributed by atoms with Crippen LogP contribution in [0.15, 0.2) is 29.1 Å². The number of aromatic nitrogens is 2. The van der Waals surface area contributed by atoms with E-state index >= 15 is 0 Å². The van der Waals surface area contributed by atoms with Gasteiger partial charge in [0.05, 0.1) is 37.1 Å². The van der Waals surface area contributed by atoms with Gasteiger partial charge >= 0.3 is 12.1 Å². The number of hydrogen-bond donors (Lipinski definition) is 1. The van der Waals surface area contributed by atoms with Crippen molar-refractivity contribution in [1.82, 2.24) is 19.4 Å². The number of nitrogens with zero attached hydrogens (tertiary/aromatic N) is 4. The lowest BCUT2D eigenvalue weighted by molar-refractivity contribution is -0.192. The number of carboxylic acids is 1. The molecule has 1 saturated heterocycles. The lowest BCUT2D eigenvalue weighted by atomic mass is 10.2. The van der Waals surface area contributed by atoms with Gasteiger partial charge in [0.15, 0.2) is 0 Å². The third-order valence-electron chi connectivity index (χ3n) is 4.99. The first-order valence-corrected chi connectivity index (χ1v) is 9.59. The Labute approximate surface area is 170 Å². The van der Waals surface area contributed by atoms with E-state index in [4.69, 9.17) is 14.3 Å². The average Bonchev–Trinajstić information content (AvgIpc) is 3.37. The molecule has 0 aliphatic carbocycles. The maximum Gasteiger partial charge on any atom is 0.490 e. The van der Waals surface area contributed by atoms with Gasteiger partial charge in [0.2, 0.25) is 5.91 Å². The largest absolute Gasteiger partial charge is 0.490 e. The number of amides is 1. The number of carbonyl (C=O) groups is 2. The number of hydrogen-bond acceptors (Lipinski definition) is 5. The fourth-order valence-corrected chi connectivity index (χ4v) is 3.52. The van der Waals surface area contributed by atoms with Crippen LogP contribution in [0, 0.1) is 0 Å². The van der Waals surface area contributed by atoms with Crippen molar-refractivity contribution in [2.75, 3.05) is 13.1 Å². The fraction of sp³-hybridized carbons (Fsp3) is 0.526. The Kier molecular flexibility index (Phi) is 6.80. The second-order valence-electron chi connectivity index (χ2n) is 7.20. The number of alkyl halides is 3. The molecule has 0 unspecified atom stereocenters. The number of aliphatic carboxylic acids is 1. The summed E-state index contributed by atoms with van der Waals surface area (Å²) in [5, 5.41) is 7.12. The Hall–Kier alpha value is -2.82. The molecule has 30 heavy (non-hydrogen) atoms. The Morgan fingerprint density at radius 1 is 1.20 bits per heavy atom. The number of aryl methyl sites for hydroxylation is 1. The van der Waals surface area contributed by atoms with Crippen LogP contribution >= 0.6 is 0 Å². The molecule has 0 spiro atoms. The van der Waals surface area contributed by atoms with Crippen LogP contribution in [-0.4, -0.2) is 55.6 Å². The first kappa shape index (κ1) is 21.9. The summed E-state index contributed by atoms with van der Waals surface area (Å²) in [6, 6.07) is 3.95. The van der Waals surface area contributed by atoms with Crippen molar-refractivity contribution in [3.05, 3.63) is 41.9 Å². The Bertz CT molecular complexity index is 864. The molecule has 0 saturated carbocycles. The molecule has 2 aromatic heterocycles. The minimum Gasteiger partial charge on any atom is -0.475 e. The number of carboxylic acid groups (broad SMARTS) is 1. The summed E-state index contributed by atoms with van der Waals surface area (Å²) in [4.78, 5) is 29.7. The first-order valence-electron chi connectivity index (χ1n) is 9.59. The van der Waals surface area contributed by atoms with Crippen LogP contribution in [0.4, 0.5) is 13.2 Å². The Morgan fingerprint density at radius 3 is 2.57 bits per heavy atom. The number of fused-ring (bicyclic) bond motifs is 1. The van der Waals surface area contributed by atoms with Crippen LogP contribution in [0.3, 0.4) is 0 Å². The number of likely N-dealkylation sites (tertiary alicyclic amines) is 1. The number of halogens is 3. The minimum absolute atomic E-state index is 0.257. The fourth-order valence-electron chi connectivity index (χ4n) is 3.52. The quantitative estimate of drug-likeness (QED) is 0.805. The number of furan rings is 1. The number of imidazole rings is 1. The van der Waals surface area contributed by atoms with Gasteiger partial charge in [-0.15, -0.1) is 0 Å². The van der Waals surface area contributed by atoms with E-state index in [-0.39, 0.29) is 5.91 Å². The second kappa shape index (κ2) is 9.33. The lowest BCUT2D eigenvalue weighted by Crippen LogP contribution is -2.26. The molecular weight excluding hydrogens is 405 g/mol. The van der Waals surface area contributed by atoms with Gasteiger partial charge in [-0.3, -0.25) is 9.69 Å². The van der Waals surface area contributed by atoms with Crippen molar-refractivity contribution in [2.24, 2.45) is 0 Å². The van der Waals surface area contributed by atoms with E-state index in [2.05, 4.69) is 14.5 Å². The van der Waals surface area contributed by atoms with Crippen molar-refractivity contribution in [3.63, 3.8) is 0 Å². The SMILES string of the molecule is O=C(O)C(F)(F)F.O=C1CCCN1Cc1ncn2c1CN(Cc1ccco1)CCC2. The summed E-state index contributed by atoms with van der Waals surface area (Å²) in [5.41, 5.74) is 2.29. The Morgan fingerprint density at radius 2 is 1.97 bits per heavy atom. The summed E-state index contributed by atoms with van der Waals surface area (Å²) in [7, 11) is 0. The predicted octanol–water partition coefficient (Wildman–Crippen LogP) is 2.64. The molecule has 0 bridgehead atoms. The van der Waals surface area contributed by atoms with Crippen molar-refractivity contribution in [1.29, 1.82) is 0 Å². The molecule has 4 rings (SSSR count). The van der Waals surface area contributed by atoms with Gasteiger partial charge in [-0.25, -0.2) is 9.78 Å². The molecule has 164 valence electrons. The minimum atomic E-state index is -5.08. The van der Waals surface area contributed by atoms with E-state index < -0.39 is 12.1 Å². The van der Waals surface area contributed by atoms with Gasteiger partial charge in [-0.1, -0.05) is 0 Å². The van der Waals surface area contributed by atoms with Gasteiger partial charge in [-0.2, -0.15) is 13.2 Å².